The Morgan fingerprint density at radius 3 is 2.16 bits per heavy atom. The number of carbonyl (C=O) groups excluding carboxylic acids is 1. The van der Waals surface area contributed by atoms with E-state index >= 15 is 0 Å². The molecule has 1 N–H and O–H groups in total. The lowest BCUT2D eigenvalue weighted by atomic mass is 10.1. The van der Waals surface area contributed by atoms with Gasteiger partial charge in [-0.05, 0) is 12.0 Å². The fourth-order valence-electron chi connectivity index (χ4n) is 1.24. The molecule has 0 fully saturated rings. The van der Waals surface area contributed by atoms with E-state index in [1.54, 1.807) is 0 Å². The topological polar surface area (TPSA) is 77.9 Å². The van der Waals surface area contributed by atoms with E-state index in [-0.39, 0.29) is 13.0 Å². The third kappa shape index (κ3) is 2.76. The summed E-state index contributed by atoms with van der Waals surface area (Å²) in [6.45, 7) is 3.34. The molecular formula is C10H7F4N4O. The van der Waals surface area contributed by atoms with Gasteiger partial charge in [-0.25, -0.2) is 17.6 Å². The smallest absolute Gasteiger partial charge is 0.257 e. The van der Waals surface area contributed by atoms with E-state index in [9.17, 15) is 22.4 Å². The molecule has 0 bridgehead atoms. The minimum Gasteiger partial charge on any atom is -0.352 e. The van der Waals surface area contributed by atoms with Gasteiger partial charge in [-0.15, -0.1) is 0 Å². The van der Waals surface area contributed by atoms with E-state index in [0.29, 0.717) is 0 Å². The number of halogens is 4. The molecule has 9 heteroatoms. The van der Waals surface area contributed by atoms with Crippen LogP contribution >= 0.6 is 0 Å². The van der Waals surface area contributed by atoms with Crippen LogP contribution in [-0.2, 0) is 0 Å². The largest absolute Gasteiger partial charge is 0.352 e. The van der Waals surface area contributed by atoms with Crippen molar-refractivity contribution in [3.05, 3.63) is 46.2 Å². The van der Waals surface area contributed by atoms with E-state index in [0.717, 1.165) is 0 Å². The average molecular weight is 275 g/mol. The number of benzene rings is 1. The number of hydrogen-bond donors (Lipinski definition) is 1. The molecule has 0 aliphatic heterocycles. The molecule has 0 aliphatic rings. The van der Waals surface area contributed by atoms with Crippen LogP contribution in [0.4, 0.5) is 23.2 Å². The Morgan fingerprint density at radius 1 is 1.21 bits per heavy atom. The molecule has 0 aromatic heterocycles. The van der Waals surface area contributed by atoms with Crippen LogP contribution in [0.15, 0.2) is 5.11 Å². The highest BCUT2D eigenvalue weighted by molar-refractivity contribution is 5.95. The maximum absolute atomic E-state index is 13.5. The van der Waals surface area contributed by atoms with Gasteiger partial charge >= 0.3 is 0 Å². The molecule has 0 atom stereocenters. The van der Waals surface area contributed by atoms with Gasteiger partial charge in [-0.3, -0.25) is 4.79 Å². The van der Waals surface area contributed by atoms with Gasteiger partial charge in [0.1, 0.15) is 11.3 Å². The van der Waals surface area contributed by atoms with Gasteiger partial charge in [0.15, 0.2) is 23.3 Å². The SMILES string of the molecule is [CH2]CCNC(=O)c1c(F)c(F)c(N=[N+]=[N-])c(F)c1F. The molecule has 0 aliphatic carbocycles. The third-order valence-electron chi connectivity index (χ3n) is 2.07. The molecule has 1 amide bonds. The number of azide groups is 1. The molecule has 0 heterocycles. The van der Waals surface area contributed by atoms with Gasteiger partial charge in [-0.2, -0.15) is 0 Å². The molecule has 1 radical (unpaired) electrons. The number of nitrogens with one attached hydrogen (secondary N) is 1. The zero-order valence-corrected chi connectivity index (χ0v) is 9.38. The van der Waals surface area contributed by atoms with E-state index < -0.39 is 40.4 Å². The van der Waals surface area contributed by atoms with Crippen LogP contribution in [0.3, 0.4) is 0 Å². The van der Waals surface area contributed by atoms with E-state index in [1.807, 2.05) is 10.2 Å². The summed E-state index contributed by atoms with van der Waals surface area (Å²) in [6, 6.07) is 0. The summed E-state index contributed by atoms with van der Waals surface area (Å²) in [4.78, 5) is 13.4. The van der Waals surface area contributed by atoms with Crippen molar-refractivity contribution in [2.45, 2.75) is 6.42 Å². The number of carbonyl (C=O) groups is 1. The minimum atomic E-state index is -1.93. The number of nitrogens with zero attached hydrogens (tertiary/aromatic N) is 3. The second-order valence-electron chi connectivity index (χ2n) is 3.28. The van der Waals surface area contributed by atoms with Gasteiger partial charge < -0.3 is 5.32 Å². The van der Waals surface area contributed by atoms with Gasteiger partial charge in [0.2, 0.25) is 0 Å². The van der Waals surface area contributed by atoms with Crippen LogP contribution < -0.4 is 5.32 Å². The Kier molecular flexibility index (Phi) is 4.71. The molecule has 0 unspecified atom stereocenters. The van der Waals surface area contributed by atoms with E-state index in [1.165, 1.54) is 0 Å². The lowest BCUT2D eigenvalue weighted by Crippen LogP contribution is -2.27. The maximum atomic E-state index is 13.5. The van der Waals surface area contributed by atoms with Crippen molar-refractivity contribution in [2.24, 2.45) is 5.11 Å². The van der Waals surface area contributed by atoms with Crippen molar-refractivity contribution in [3.8, 4) is 0 Å². The Balaban J connectivity index is 3.43. The van der Waals surface area contributed by atoms with Crippen molar-refractivity contribution in [1.82, 2.24) is 5.32 Å². The zero-order chi connectivity index (χ0) is 14.6. The van der Waals surface area contributed by atoms with Crippen LogP contribution in [0.25, 0.3) is 10.4 Å². The fraction of sp³-hybridized carbons (Fsp3) is 0.200. The highest BCUT2D eigenvalue weighted by atomic mass is 19.2. The molecule has 19 heavy (non-hydrogen) atoms. The quantitative estimate of drug-likeness (QED) is 0.296. The normalized spacial score (nSPS) is 9.95. The minimum absolute atomic E-state index is 0.0287. The summed E-state index contributed by atoms with van der Waals surface area (Å²) < 4.78 is 53.6. The van der Waals surface area contributed by atoms with Crippen LogP contribution in [0.1, 0.15) is 16.8 Å². The Bertz CT molecular complexity index is 540. The second-order valence-corrected chi connectivity index (χ2v) is 3.28. The van der Waals surface area contributed by atoms with Crippen LogP contribution in [0, 0.1) is 30.2 Å². The molecule has 0 saturated heterocycles. The maximum Gasteiger partial charge on any atom is 0.257 e. The first-order valence-electron chi connectivity index (χ1n) is 4.94. The second kappa shape index (κ2) is 6.05. The first-order valence-corrected chi connectivity index (χ1v) is 4.94. The van der Waals surface area contributed by atoms with Crippen LogP contribution in [0.5, 0.6) is 0 Å². The van der Waals surface area contributed by atoms with Gasteiger partial charge in [-0.1, -0.05) is 12.0 Å². The van der Waals surface area contributed by atoms with Crippen LogP contribution in [-0.4, -0.2) is 12.5 Å². The molecule has 1 rings (SSSR count). The Morgan fingerprint density at radius 2 is 1.74 bits per heavy atom. The summed E-state index contributed by atoms with van der Waals surface area (Å²) in [5.74, 6) is -9.05. The molecule has 0 spiro atoms. The Hall–Kier alpha value is -2.28. The summed E-state index contributed by atoms with van der Waals surface area (Å²) in [5.41, 5.74) is 5.16. The lowest BCUT2D eigenvalue weighted by molar-refractivity contribution is 0.0943. The monoisotopic (exact) mass is 275 g/mol. The summed E-state index contributed by atoms with van der Waals surface area (Å²) >= 11 is 0. The molecule has 1 aromatic carbocycles. The fourth-order valence-corrected chi connectivity index (χ4v) is 1.24. The highest BCUT2D eigenvalue weighted by Gasteiger charge is 2.28. The predicted octanol–water partition coefficient (Wildman–Crippen LogP) is 3.14. The predicted molar refractivity (Wildman–Crippen MR) is 57.4 cm³/mol. The molecule has 101 valence electrons. The van der Waals surface area contributed by atoms with Gasteiger partial charge in [0, 0.05) is 11.5 Å². The molecular weight excluding hydrogens is 268 g/mol. The van der Waals surface area contributed by atoms with E-state index in [4.69, 9.17) is 5.53 Å². The zero-order valence-electron chi connectivity index (χ0n) is 9.38. The first-order chi connectivity index (χ1) is 8.95. The number of amides is 1. The van der Waals surface area contributed by atoms with Crippen molar-refractivity contribution < 1.29 is 22.4 Å². The molecule has 5 nitrogen and oxygen atoms in total. The summed E-state index contributed by atoms with van der Waals surface area (Å²) in [7, 11) is 0. The standard InChI is InChI=1S/C10H7F4N4O/c1-2-3-16-10(19)4-5(11)7(13)9(17-18-15)8(14)6(4)12/h1-3H2,(H,16,19). The number of hydrogen-bond acceptors (Lipinski definition) is 2. The van der Waals surface area contributed by atoms with Gasteiger partial charge in [0.05, 0.1) is 0 Å². The van der Waals surface area contributed by atoms with Crippen molar-refractivity contribution in [2.75, 3.05) is 6.54 Å². The third-order valence-corrected chi connectivity index (χ3v) is 2.07. The Labute approximate surface area is 104 Å². The molecule has 1 aromatic rings. The molecule has 0 saturated carbocycles. The summed E-state index contributed by atoms with van der Waals surface area (Å²) in [5, 5.41) is 4.52. The van der Waals surface area contributed by atoms with Gasteiger partial charge in [0.25, 0.3) is 5.91 Å². The van der Waals surface area contributed by atoms with Crippen molar-refractivity contribution in [1.29, 1.82) is 0 Å². The van der Waals surface area contributed by atoms with Crippen molar-refractivity contribution >= 4 is 11.6 Å². The lowest BCUT2D eigenvalue weighted by Gasteiger charge is -2.09. The summed E-state index contributed by atoms with van der Waals surface area (Å²) in [6.07, 6.45) is 0.219. The first kappa shape index (κ1) is 14.8. The number of rotatable bonds is 4. The average Bonchev–Trinajstić information content (AvgIpc) is 2.39. The van der Waals surface area contributed by atoms with Crippen LogP contribution in [0.2, 0.25) is 0 Å². The van der Waals surface area contributed by atoms with Crippen molar-refractivity contribution in [3.63, 3.8) is 0 Å². The highest BCUT2D eigenvalue weighted by Crippen LogP contribution is 2.30. The van der Waals surface area contributed by atoms with E-state index in [2.05, 4.69) is 12.0 Å².